The Morgan fingerprint density at radius 2 is 0.773 bits per heavy atom. The molecule has 8 heteroatoms. The molecule has 0 radical (unpaired) electrons. The van der Waals surface area contributed by atoms with E-state index >= 15 is 0 Å². The van der Waals surface area contributed by atoms with E-state index in [1.165, 1.54) is 37.0 Å². The van der Waals surface area contributed by atoms with Gasteiger partial charge in [-0.2, -0.15) is 0 Å². The number of aliphatic carboxylic acids is 2. The molecule has 0 fully saturated rings. The van der Waals surface area contributed by atoms with Gasteiger partial charge < -0.3 is 15.7 Å². The van der Waals surface area contributed by atoms with E-state index in [0.717, 1.165) is 0 Å². The molecule has 22 heavy (non-hydrogen) atoms. The van der Waals surface area contributed by atoms with Gasteiger partial charge in [0.2, 0.25) is 0 Å². The third-order valence-electron chi connectivity index (χ3n) is 2.87. The molecule has 0 saturated heterocycles. The second-order valence-electron chi connectivity index (χ2n) is 3.85. The first kappa shape index (κ1) is 33.9. The summed E-state index contributed by atoms with van der Waals surface area (Å²) in [5, 5.41) is 14.8. The third kappa shape index (κ3) is 28.6. The molecule has 4 N–H and O–H groups in total. The van der Waals surface area contributed by atoms with Gasteiger partial charge in [0, 0.05) is 21.1 Å². The zero-order chi connectivity index (χ0) is 16.6. The number of carboxylic acid groups (broad SMARTS) is 2. The summed E-state index contributed by atoms with van der Waals surface area (Å²) >= 11 is 0. The van der Waals surface area contributed by atoms with Crippen molar-refractivity contribution in [3.8, 4) is 0 Å². The van der Waals surface area contributed by atoms with Crippen LogP contribution in [0.5, 0.6) is 0 Å². The Morgan fingerprint density at radius 1 is 0.636 bits per heavy atom. The predicted octanol–water partition coefficient (Wildman–Crippen LogP) is 3.38. The molecule has 0 aliphatic rings. The van der Waals surface area contributed by atoms with Crippen molar-refractivity contribution < 1.29 is 46.3 Å². The first-order valence-corrected chi connectivity index (χ1v) is 11.0. The average Bonchev–Trinajstić information content (AvgIpc) is 2.44. The Bertz CT molecular complexity index is 200. The number of hydrogen-bond acceptors (Lipinski definition) is 2. The van der Waals surface area contributed by atoms with Crippen molar-refractivity contribution in [2.45, 2.75) is 41.5 Å². The fourth-order valence-electron chi connectivity index (χ4n) is 1.34. The topological polar surface area (TPSA) is 106 Å². The van der Waals surface area contributed by atoms with Crippen molar-refractivity contribution in [2.24, 2.45) is 0 Å². The molecule has 0 aliphatic heterocycles. The zero-order valence-electron chi connectivity index (χ0n) is 14.7. The molecule has 0 aromatic rings. The average molecular weight is 539 g/mol. The quantitative estimate of drug-likeness (QED) is 0.399. The minimum absolute atomic E-state index is 0. The van der Waals surface area contributed by atoms with E-state index < -0.39 is 11.9 Å². The van der Waals surface area contributed by atoms with Gasteiger partial charge in [0.15, 0.2) is 0 Å². The molecule has 140 valence electrons. The molecule has 0 saturated carbocycles. The molecule has 0 heterocycles. The van der Waals surface area contributed by atoms with Crippen LogP contribution in [-0.2, 0) is 30.7 Å². The van der Waals surface area contributed by atoms with Crippen molar-refractivity contribution in [1.82, 2.24) is 0 Å². The van der Waals surface area contributed by atoms with Crippen molar-refractivity contribution in [1.29, 1.82) is 0 Å². The summed E-state index contributed by atoms with van der Waals surface area (Å²) in [6.07, 6.45) is 8.51. The Hall–Kier alpha value is 0.448. The normalized spacial score (nSPS) is 8.55. The van der Waals surface area contributed by atoms with Gasteiger partial charge in [-0.1, -0.05) is 41.5 Å². The summed E-state index contributed by atoms with van der Waals surface area (Å²) in [5.74, 6) is -3.65. The maximum Gasteiger partial charge on any atom is 0.414 e. The van der Waals surface area contributed by atoms with Crippen LogP contribution in [-0.4, -0.2) is 64.6 Å². The van der Waals surface area contributed by atoms with Gasteiger partial charge in [0.25, 0.3) is 0 Å². The molecule has 0 bridgehead atoms. The molecule has 0 amide bonds. The number of rotatable bonds is 6. The van der Waals surface area contributed by atoms with Crippen LogP contribution in [0.1, 0.15) is 41.5 Å². The van der Waals surface area contributed by atoms with E-state index in [1.54, 1.807) is 0 Å². The number of carbonyl (C=O) groups is 2. The molecule has 0 aliphatic carbocycles. The van der Waals surface area contributed by atoms with Crippen LogP contribution in [0.4, 0.5) is 0 Å². The Kier molecular flexibility index (Phi) is 40.6. The summed E-state index contributed by atoms with van der Waals surface area (Å²) in [5.41, 5.74) is 0. The van der Waals surface area contributed by atoms with Gasteiger partial charge in [-0.3, -0.25) is 0 Å². The van der Waals surface area contributed by atoms with Crippen molar-refractivity contribution >= 4 is 27.8 Å². The van der Waals surface area contributed by atoms with Crippen LogP contribution < -0.4 is 0 Å². The standard InChI is InChI=1S/2C6H15P.C2H2O4.H2O.Pt/c2*1-4-7(5-2)6-3;3-1(4)2(5)6;;/h2*4-6H2,1-3H3;(H,3,4)(H,5,6);1H2;. The van der Waals surface area contributed by atoms with Gasteiger partial charge in [-0.25, -0.2) is 9.59 Å². The summed E-state index contributed by atoms with van der Waals surface area (Å²) in [6, 6.07) is 0. The second-order valence-corrected chi connectivity index (χ2v) is 10.3. The van der Waals surface area contributed by atoms with Crippen LogP contribution in [0.15, 0.2) is 0 Å². The second kappa shape index (κ2) is 26.4. The van der Waals surface area contributed by atoms with E-state index in [-0.39, 0.29) is 26.5 Å². The van der Waals surface area contributed by atoms with Crippen molar-refractivity contribution in [2.75, 3.05) is 37.0 Å². The van der Waals surface area contributed by atoms with Crippen molar-refractivity contribution in [3.05, 3.63) is 0 Å². The van der Waals surface area contributed by atoms with Gasteiger partial charge in [0.1, 0.15) is 0 Å². The predicted molar refractivity (Wildman–Crippen MR) is 96.0 cm³/mol. The Morgan fingerprint density at radius 3 is 0.773 bits per heavy atom. The van der Waals surface area contributed by atoms with E-state index in [0.29, 0.717) is 15.8 Å². The summed E-state index contributed by atoms with van der Waals surface area (Å²) < 4.78 is 0. The number of hydrogen-bond donors (Lipinski definition) is 2. The van der Waals surface area contributed by atoms with Gasteiger partial charge in [-0.15, -0.1) is 15.8 Å². The first-order chi connectivity index (χ1) is 9.33. The molecule has 0 aromatic heterocycles. The van der Waals surface area contributed by atoms with E-state index in [9.17, 15) is 0 Å². The Labute approximate surface area is 152 Å². The van der Waals surface area contributed by atoms with E-state index in [1.807, 2.05) is 0 Å². The summed E-state index contributed by atoms with van der Waals surface area (Å²) in [6.45, 7) is 13.7. The smallest absolute Gasteiger partial charge is 0.414 e. The largest absolute Gasteiger partial charge is 0.473 e. The molecular formula is C14H34O5P2Pt. The van der Waals surface area contributed by atoms with E-state index in [2.05, 4.69) is 41.5 Å². The third-order valence-corrected chi connectivity index (χ3v) is 8.23. The van der Waals surface area contributed by atoms with Gasteiger partial charge >= 0.3 is 11.9 Å². The fraction of sp³-hybridized carbons (Fsp3) is 0.857. The number of carboxylic acids is 2. The van der Waals surface area contributed by atoms with Crippen LogP contribution in [0.2, 0.25) is 0 Å². The molecule has 0 aromatic carbocycles. The monoisotopic (exact) mass is 539 g/mol. The van der Waals surface area contributed by atoms with Crippen LogP contribution in [0.3, 0.4) is 0 Å². The molecular weight excluding hydrogens is 505 g/mol. The van der Waals surface area contributed by atoms with Gasteiger partial charge in [0.05, 0.1) is 0 Å². The minimum Gasteiger partial charge on any atom is -0.473 e. The molecule has 5 nitrogen and oxygen atoms in total. The molecule has 0 unspecified atom stereocenters. The van der Waals surface area contributed by atoms with Crippen LogP contribution >= 0.6 is 15.8 Å². The molecule has 0 rings (SSSR count). The SMILES string of the molecule is CCP(CC)CC.CCP(CC)CC.O.O=C(O)C(=O)O.[Pt]. The van der Waals surface area contributed by atoms with Crippen molar-refractivity contribution in [3.63, 3.8) is 0 Å². The Balaban J connectivity index is -0.0000000630. The molecule has 0 atom stereocenters. The summed E-state index contributed by atoms with van der Waals surface area (Å²) in [7, 11) is 0.892. The summed E-state index contributed by atoms with van der Waals surface area (Å²) in [4.78, 5) is 18.2. The van der Waals surface area contributed by atoms with Gasteiger partial charge in [-0.05, 0) is 37.0 Å². The van der Waals surface area contributed by atoms with Crippen LogP contribution in [0, 0.1) is 0 Å². The zero-order valence-corrected chi connectivity index (χ0v) is 18.7. The first-order valence-electron chi connectivity index (χ1n) is 7.25. The maximum absolute atomic E-state index is 9.10. The van der Waals surface area contributed by atoms with Crippen LogP contribution in [0.25, 0.3) is 0 Å². The molecule has 0 spiro atoms. The fourth-order valence-corrected chi connectivity index (χ4v) is 4.02. The van der Waals surface area contributed by atoms with E-state index in [4.69, 9.17) is 19.8 Å². The maximum atomic E-state index is 9.10. The minimum atomic E-state index is -1.82.